The van der Waals surface area contributed by atoms with E-state index in [0.29, 0.717) is 0 Å². The molecule has 1 nitrogen and oxygen atoms in total. The van der Waals surface area contributed by atoms with Gasteiger partial charge in [0, 0.05) is 0 Å². The standard InChI is InChI=1S/C14H12O.W/c1-11-5-3-7-13(9-11)15-14-8-4-6-12(2)10-14;/h3-6,8-10H,1H2,2H3;. The van der Waals surface area contributed by atoms with Crippen molar-refractivity contribution >= 4 is 3.90 Å². The van der Waals surface area contributed by atoms with Gasteiger partial charge in [-0.25, -0.2) is 0 Å². The molecule has 80 valence electrons. The van der Waals surface area contributed by atoms with Crippen LogP contribution in [-0.4, -0.2) is 3.90 Å². The van der Waals surface area contributed by atoms with E-state index in [2.05, 4.69) is 25.6 Å². The number of hydrogen-bond donors (Lipinski definition) is 0. The van der Waals surface area contributed by atoms with Crippen molar-refractivity contribution in [2.45, 2.75) is 6.92 Å². The van der Waals surface area contributed by atoms with Crippen molar-refractivity contribution in [1.82, 2.24) is 0 Å². The zero-order chi connectivity index (χ0) is 11.5. The summed E-state index contributed by atoms with van der Waals surface area (Å²) in [5.41, 5.74) is 2.18. The molecule has 0 saturated heterocycles. The first-order chi connectivity index (χ1) is 7.65. The fourth-order valence-corrected chi connectivity index (χ4v) is 2.04. The molecule has 0 atom stereocenters. The van der Waals surface area contributed by atoms with Crippen LogP contribution in [0, 0.1) is 6.92 Å². The average Bonchev–Trinajstić information content (AvgIpc) is 2.24. The van der Waals surface area contributed by atoms with Gasteiger partial charge < -0.3 is 0 Å². The molecule has 2 rings (SSSR count). The molecule has 0 unspecified atom stereocenters. The van der Waals surface area contributed by atoms with Crippen LogP contribution in [0.25, 0.3) is 0 Å². The Hall–Kier alpha value is -1.20. The molecule has 1 aromatic rings. The third kappa shape index (κ3) is 2.68. The Morgan fingerprint density at radius 1 is 1.25 bits per heavy atom. The van der Waals surface area contributed by atoms with E-state index in [-0.39, 0.29) is 0 Å². The zero-order valence-electron chi connectivity index (χ0n) is 9.07. The Labute approximate surface area is 107 Å². The number of rotatable bonds is 2. The van der Waals surface area contributed by atoms with E-state index in [1.54, 1.807) is 0 Å². The molecule has 0 spiro atoms. The summed E-state index contributed by atoms with van der Waals surface area (Å²) in [6.07, 6.45) is 6.04. The van der Waals surface area contributed by atoms with Gasteiger partial charge >= 0.3 is 107 Å². The Morgan fingerprint density at radius 2 is 2.06 bits per heavy atom. The van der Waals surface area contributed by atoms with Crippen LogP contribution in [0.15, 0.2) is 60.4 Å². The van der Waals surface area contributed by atoms with Crippen LogP contribution >= 0.6 is 0 Å². The van der Waals surface area contributed by atoms with E-state index in [1.165, 1.54) is 28.8 Å². The molecule has 0 aromatic heterocycles. The predicted molar refractivity (Wildman–Crippen MR) is 63.2 cm³/mol. The summed E-state index contributed by atoms with van der Waals surface area (Å²) in [6.45, 7) is 5.97. The Balaban J connectivity index is 2.22. The summed E-state index contributed by atoms with van der Waals surface area (Å²) < 4.78 is 7.05. The molecule has 0 N–H and O–H groups in total. The third-order valence-corrected chi connectivity index (χ3v) is 3.44. The van der Waals surface area contributed by atoms with E-state index >= 15 is 0 Å². The van der Waals surface area contributed by atoms with Gasteiger partial charge in [-0.3, -0.25) is 0 Å². The van der Waals surface area contributed by atoms with Crippen molar-refractivity contribution in [3.8, 4) is 5.75 Å². The Bertz CT molecular complexity index is 509. The molecule has 1 aliphatic carbocycles. The third-order valence-electron chi connectivity index (χ3n) is 2.23. The number of ether oxygens (including phenoxy) is 1. The second kappa shape index (κ2) is 4.76. The molecule has 0 fully saturated rings. The quantitative estimate of drug-likeness (QED) is 0.767. The summed E-state index contributed by atoms with van der Waals surface area (Å²) in [7, 11) is 0. The first-order valence-corrected chi connectivity index (χ1v) is 6.49. The minimum atomic E-state index is 0.883. The van der Waals surface area contributed by atoms with Crippen molar-refractivity contribution in [1.29, 1.82) is 0 Å². The normalized spacial score (nSPS) is 14.9. The van der Waals surface area contributed by atoms with E-state index in [0.717, 1.165) is 17.1 Å². The fraction of sp³-hybridized carbons (Fsp3) is 0.0714. The van der Waals surface area contributed by atoms with E-state index < -0.39 is 0 Å². The van der Waals surface area contributed by atoms with Gasteiger partial charge in [0.25, 0.3) is 0 Å². The summed E-state index contributed by atoms with van der Waals surface area (Å²) >= 11 is 1.40. The summed E-state index contributed by atoms with van der Waals surface area (Å²) in [6, 6.07) is 8.06. The van der Waals surface area contributed by atoms with Gasteiger partial charge in [-0.1, -0.05) is 0 Å². The van der Waals surface area contributed by atoms with Crippen molar-refractivity contribution in [3.05, 3.63) is 66.0 Å². The molecule has 1 aromatic carbocycles. The summed E-state index contributed by atoms with van der Waals surface area (Å²) in [5.74, 6) is 1.79. The second-order valence-corrected chi connectivity index (χ2v) is 5.28. The monoisotopic (exact) mass is 380 g/mol. The van der Waals surface area contributed by atoms with Gasteiger partial charge in [0.2, 0.25) is 0 Å². The number of allylic oxidation sites excluding steroid dienone is 4. The van der Waals surface area contributed by atoms with Crippen LogP contribution in [-0.2, 0) is 19.4 Å². The van der Waals surface area contributed by atoms with Crippen LogP contribution < -0.4 is 4.74 Å². The topological polar surface area (TPSA) is 9.23 Å². The molecule has 2 heteroatoms. The van der Waals surface area contributed by atoms with Gasteiger partial charge in [-0.2, -0.15) is 0 Å². The van der Waals surface area contributed by atoms with E-state index in [4.69, 9.17) is 4.74 Å². The molecule has 0 amide bonds. The molecule has 16 heavy (non-hydrogen) atoms. The first-order valence-electron chi connectivity index (χ1n) is 5.03. The average molecular weight is 380 g/mol. The van der Waals surface area contributed by atoms with Gasteiger partial charge in [0.15, 0.2) is 0 Å². The fourth-order valence-electron chi connectivity index (χ4n) is 1.44. The number of benzene rings is 1. The second-order valence-electron chi connectivity index (χ2n) is 3.70. The maximum absolute atomic E-state index is 5.85. The molecule has 0 bridgehead atoms. The first kappa shape index (κ1) is 11.3. The predicted octanol–water partition coefficient (Wildman–Crippen LogP) is 3.10. The molecule has 0 aliphatic heterocycles. The van der Waals surface area contributed by atoms with Crippen molar-refractivity contribution < 1.29 is 24.1 Å². The van der Waals surface area contributed by atoms with Crippen LogP contribution in [0.5, 0.6) is 5.75 Å². The van der Waals surface area contributed by atoms with Crippen molar-refractivity contribution in [3.63, 3.8) is 0 Å². The maximum atomic E-state index is 5.85. The molecule has 0 heterocycles. The van der Waals surface area contributed by atoms with Crippen LogP contribution in [0.3, 0.4) is 0 Å². The van der Waals surface area contributed by atoms with Crippen LogP contribution in [0.2, 0.25) is 0 Å². The van der Waals surface area contributed by atoms with Gasteiger partial charge in [0.05, 0.1) is 0 Å². The summed E-state index contributed by atoms with van der Waals surface area (Å²) in [5, 5.41) is 0. The molecular formula is C14H12OW. The minimum absolute atomic E-state index is 0.883. The Morgan fingerprint density at radius 3 is 2.81 bits per heavy atom. The molecule has 0 radical (unpaired) electrons. The van der Waals surface area contributed by atoms with E-state index in [1.807, 2.05) is 30.4 Å². The molecule has 1 aliphatic rings. The van der Waals surface area contributed by atoms with Crippen LogP contribution in [0.1, 0.15) is 5.56 Å². The number of aryl methyl sites for hydroxylation is 1. The van der Waals surface area contributed by atoms with E-state index in [9.17, 15) is 0 Å². The van der Waals surface area contributed by atoms with Gasteiger partial charge in [-0.05, 0) is 0 Å². The molecular weight excluding hydrogens is 368 g/mol. The van der Waals surface area contributed by atoms with Crippen molar-refractivity contribution in [2.24, 2.45) is 0 Å². The SMILES string of the molecule is C=C1C=C[C](=[W])C(Oc2cccc(C)c2)=C1. The number of hydrogen-bond acceptors (Lipinski definition) is 1. The van der Waals surface area contributed by atoms with Gasteiger partial charge in [0.1, 0.15) is 0 Å². The molecule has 0 saturated carbocycles. The zero-order valence-corrected chi connectivity index (χ0v) is 12.0. The summed E-state index contributed by atoms with van der Waals surface area (Å²) in [4.78, 5) is 0. The van der Waals surface area contributed by atoms with Crippen molar-refractivity contribution in [2.75, 3.05) is 0 Å². The van der Waals surface area contributed by atoms with Crippen LogP contribution in [0.4, 0.5) is 0 Å². The van der Waals surface area contributed by atoms with Gasteiger partial charge in [-0.15, -0.1) is 0 Å². The Kier molecular flexibility index (Phi) is 3.36.